The molecule has 3 nitrogen and oxygen atoms in total. The van der Waals surface area contributed by atoms with Gasteiger partial charge in [-0.15, -0.1) is 0 Å². The molecule has 1 unspecified atom stereocenters. The smallest absolute Gasteiger partial charge is 0.251 e. The highest BCUT2D eigenvalue weighted by Crippen LogP contribution is 2.35. The van der Waals surface area contributed by atoms with Crippen molar-refractivity contribution in [2.24, 2.45) is 0 Å². The molecule has 2 aromatic carbocycles. The molecule has 0 bridgehead atoms. The first-order valence-corrected chi connectivity index (χ1v) is 7.35. The van der Waals surface area contributed by atoms with Crippen molar-refractivity contribution in [3.8, 4) is 0 Å². The van der Waals surface area contributed by atoms with Crippen LogP contribution in [0, 0.1) is 6.92 Å². The molecule has 1 heterocycles. The first-order valence-electron chi connectivity index (χ1n) is 6.17. The van der Waals surface area contributed by atoms with Gasteiger partial charge in [0, 0.05) is 26.4 Å². The highest BCUT2D eigenvalue weighted by atomic mass is 79.9. The quantitative estimate of drug-likeness (QED) is 0.835. The molecule has 102 valence electrons. The summed E-state index contributed by atoms with van der Waals surface area (Å²) in [6.45, 7) is 1.95. The fraction of sp³-hybridized carbons (Fsp3) is 0.133. The van der Waals surface area contributed by atoms with Crippen LogP contribution in [0.2, 0.25) is 5.02 Å². The van der Waals surface area contributed by atoms with E-state index in [1.807, 2.05) is 43.3 Å². The van der Waals surface area contributed by atoms with E-state index in [2.05, 4.69) is 26.6 Å². The number of halogens is 2. The Morgan fingerprint density at radius 2 is 2.05 bits per heavy atom. The maximum atomic E-state index is 12.1. The van der Waals surface area contributed by atoms with Crippen LogP contribution >= 0.6 is 27.5 Å². The SMILES string of the molecule is Cc1ccc(NC2C(=O)Nc3cc(Br)ccc32)cc1Cl. The van der Waals surface area contributed by atoms with Crippen molar-refractivity contribution in [1.29, 1.82) is 0 Å². The normalized spacial score (nSPS) is 16.8. The van der Waals surface area contributed by atoms with E-state index < -0.39 is 6.04 Å². The number of carbonyl (C=O) groups excluding carboxylic acids is 1. The van der Waals surface area contributed by atoms with Crippen molar-refractivity contribution in [2.45, 2.75) is 13.0 Å². The van der Waals surface area contributed by atoms with Crippen LogP contribution in [0.15, 0.2) is 40.9 Å². The maximum absolute atomic E-state index is 12.1. The molecule has 2 aromatic rings. The predicted octanol–water partition coefficient (Wildman–Crippen LogP) is 4.52. The summed E-state index contributed by atoms with van der Waals surface area (Å²) in [7, 11) is 0. The lowest BCUT2D eigenvalue weighted by Crippen LogP contribution is -2.19. The molecule has 0 saturated heterocycles. The number of hydrogen-bond acceptors (Lipinski definition) is 2. The average molecular weight is 352 g/mol. The van der Waals surface area contributed by atoms with Gasteiger partial charge < -0.3 is 10.6 Å². The second-order valence-electron chi connectivity index (χ2n) is 4.76. The largest absolute Gasteiger partial charge is 0.370 e. The van der Waals surface area contributed by atoms with E-state index in [-0.39, 0.29) is 5.91 Å². The van der Waals surface area contributed by atoms with Crippen LogP contribution in [-0.4, -0.2) is 5.91 Å². The fourth-order valence-corrected chi connectivity index (χ4v) is 2.77. The predicted molar refractivity (Wildman–Crippen MR) is 85.3 cm³/mol. The Kier molecular flexibility index (Phi) is 3.44. The monoisotopic (exact) mass is 350 g/mol. The lowest BCUT2D eigenvalue weighted by molar-refractivity contribution is -0.116. The minimum Gasteiger partial charge on any atom is -0.370 e. The van der Waals surface area contributed by atoms with Gasteiger partial charge in [0.2, 0.25) is 0 Å². The van der Waals surface area contributed by atoms with E-state index in [1.165, 1.54) is 0 Å². The number of rotatable bonds is 2. The Hall–Kier alpha value is -1.52. The van der Waals surface area contributed by atoms with Crippen LogP contribution in [-0.2, 0) is 4.79 Å². The Morgan fingerprint density at radius 3 is 2.80 bits per heavy atom. The lowest BCUT2D eigenvalue weighted by Gasteiger charge is -2.14. The van der Waals surface area contributed by atoms with Crippen LogP contribution in [0.1, 0.15) is 17.2 Å². The summed E-state index contributed by atoms with van der Waals surface area (Å²) in [4.78, 5) is 12.1. The number of nitrogens with one attached hydrogen (secondary N) is 2. The number of carbonyl (C=O) groups is 1. The van der Waals surface area contributed by atoms with Gasteiger partial charge in [-0.1, -0.05) is 39.7 Å². The molecule has 3 rings (SSSR count). The molecular weight excluding hydrogens is 340 g/mol. The molecule has 0 aliphatic carbocycles. The summed E-state index contributed by atoms with van der Waals surface area (Å²) in [5.74, 6) is -0.0604. The minimum atomic E-state index is -0.392. The van der Waals surface area contributed by atoms with Gasteiger partial charge in [-0.25, -0.2) is 0 Å². The van der Waals surface area contributed by atoms with Gasteiger partial charge in [0.15, 0.2) is 0 Å². The van der Waals surface area contributed by atoms with E-state index in [0.717, 1.165) is 27.0 Å². The summed E-state index contributed by atoms with van der Waals surface area (Å²) >= 11 is 9.51. The van der Waals surface area contributed by atoms with Gasteiger partial charge in [-0.05, 0) is 36.8 Å². The Bertz CT molecular complexity index is 702. The summed E-state index contributed by atoms with van der Waals surface area (Å²) < 4.78 is 0.940. The van der Waals surface area contributed by atoms with E-state index in [0.29, 0.717) is 5.02 Å². The van der Waals surface area contributed by atoms with Gasteiger partial charge >= 0.3 is 0 Å². The second-order valence-corrected chi connectivity index (χ2v) is 6.09. The zero-order valence-electron chi connectivity index (χ0n) is 10.7. The van der Waals surface area contributed by atoms with Crippen LogP contribution in [0.25, 0.3) is 0 Å². The third-order valence-corrected chi connectivity index (χ3v) is 4.23. The summed E-state index contributed by atoms with van der Waals surface area (Å²) in [6, 6.07) is 11.1. The number of anilines is 2. The van der Waals surface area contributed by atoms with E-state index in [9.17, 15) is 4.79 Å². The van der Waals surface area contributed by atoms with Crippen molar-refractivity contribution in [1.82, 2.24) is 0 Å². The van der Waals surface area contributed by atoms with Crippen molar-refractivity contribution in [2.75, 3.05) is 10.6 Å². The van der Waals surface area contributed by atoms with Crippen LogP contribution < -0.4 is 10.6 Å². The van der Waals surface area contributed by atoms with Crippen molar-refractivity contribution in [3.05, 3.63) is 57.0 Å². The fourth-order valence-electron chi connectivity index (χ4n) is 2.23. The Balaban J connectivity index is 1.92. The summed E-state index contributed by atoms with van der Waals surface area (Å²) in [5.41, 5.74) is 3.61. The number of fused-ring (bicyclic) bond motifs is 1. The molecule has 1 aliphatic rings. The third kappa shape index (κ3) is 2.41. The van der Waals surface area contributed by atoms with Crippen molar-refractivity contribution >= 4 is 44.8 Å². The molecule has 0 radical (unpaired) electrons. The van der Waals surface area contributed by atoms with Crippen molar-refractivity contribution < 1.29 is 4.79 Å². The molecule has 1 atom stereocenters. The van der Waals surface area contributed by atoms with Crippen LogP contribution in [0.5, 0.6) is 0 Å². The first kappa shape index (κ1) is 13.5. The molecular formula is C15H12BrClN2O. The molecule has 1 amide bonds. The molecule has 5 heteroatoms. The molecule has 0 spiro atoms. The first-order chi connectivity index (χ1) is 9.54. The number of benzene rings is 2. The summed E-state index contributed by atoms with van der Waals surface area (Å²) in [5, 5.41) is 6.78. The standard InChI is InChI=1S/C15H12BrClN2O/c1-8-2-4-10(7-12(8)17)18-14-11-5-3-9(16)6-13(11)19-15(14)20/h2-7,14,18H,1H3,(H,19,20). The molecule has 20 heavy (non-hydrogen) atoms. The van der Waals surface area contributed by atoms with E-state index in [1.54, 1.807) is 0 Å². The molecule has 0 saturated carbocycles. The zero-order valence-corrected chi connectivity index (χ0v) is 13.0. The number of hydrogen-bond donors (Lipinski definition) is 2. The highest BCUT2D eigenvalue weighted by Gasteiger charge is 2.30. The second kappa shape index (κ2) is 5.11. The van der Waals surface area contributed by atoms with E-state index >= 15 is 0 Å². The maximum Gasteiger partial charge on any atom is 0.251 e. The average Bonchev–Trinajstić information content (AvgIpc) is 2.69. The van der Waals surface area contributed by atoms with Gasteiger partial charge in [0.05, 0.1) is 0 Å². The topological polar surface area (TPSA) is 41.1 Å². The Labute approximate surface area is 130 Å². The van der Waals surface area contributed by atoms with Crippen LogP contribution in [0.3, 0.4) is 0 Å². The highest BCUT2D eigenvalue weighted by molar-refractivity contribution is 9.10. The molecule has 2 N–H and O–H groups in total. The van der Waals surface area contributed by atoms with Gasteiger partial charge in [0.1, 0.15) is 6.04 Å². The molecule has 1 aliphatic heterocycles. The lowest BCUT2D eigenvalue weighted by atomic mass is 10.1. The van der Waals surface area contributed by atoms with Gasteiger partial charge in [-0.3, -0.25) is 4.79 Å². The molecule has 0 aromatic heterocycles. The molecule has 0 fully saturated rings. The number of amides is 1. The zero-order chi connectivity index (χ0) is 14.3. The van der Waals surface area contributed by atoms with Gasteiger partial charge in [-0.2, -0.15) is 0 Å². The third-order valence-electron chi connectivity index (χ3n) is 3.33. The van der Waals surface area contributed by atoms with Crippen molar-refractivity contribution in [3.63, 3.8) is 0 Å². The number of aryl methyl sites for hydroxylation is 1. The minimum absolute atomic E-state index is 0.0604. The Morgan fingerprint density at radius 1 is 1.25 bits per heavy atom. The van der Waals surface area contributed by atoms with Gasteiger partial charge in [0.25, 0.3) is 5.91 Å². The van der Waals surface area contributed by atoms with Crippen LogP contribution in [0.4, 0.5) is 11.4 Å². The summed E-state index contributed by atoms with van der Waals surface area (Å²) in [6.07, 6.45) is 0. The van der Waals surface area contributed by atoms with E-state index in [4.69, 9.17) is 11.6 Å².